The van der Waals surface area contributed by atoms with Crippen molar-refractivity contribution in [3.05, 3.63) is 35.6 Å². The van der Waals surface area contributed by atoms with Gasteiger partial charge in [0, 0.05) is 0 Å². The molecule has 0 aliphatic carbocycles. The van der Waals surface area contributed by atoms with E-state index in [1.165, 1.54) is 6.07 Å². The highest BCUT2D eigenvalue weighted by Gasteiger charge is 2.29. The highest BCUT2D eigenvalue weighted by Crippen LogP contribution is 2.20. The number of hydrogen-bond donors (Lipinski definition) is 2. The molecule has 1 aromatic rings. The number of hydrogen-bond acceptors (Lipinski definition) is 2. The number of carboxylic acids is 1. The summed E-state index contributed by atoms with van der Waals surface area (Å²) in [6.07, 6.45) is 1.17. The van der Waals surface area contributed by atoms with Gasteiger partial charge in [-0.05, 0) is 36.9 Å². The molecule has 2 rings (SSSR count). The van der Waals surface area contributed by atoms with E-state index in [2.05, 4.69) is 5.32 Å². The van der Waals surface area contributed by atoms with Crippen molar-refractivity contribution >= 4 is 18.4 Å². The molecule has 0 spiro atoms. The highest BCUT2D eigenvalue weighted by atomic mass is 35.5. The molecule has 2 atom stereocenters. The molecule has 5 heteroatoms. The van der Waals surface area contributed by atoms with Gasteiger partial charge in [-0.2, -0.15) is 0 Å². The van der Waals surface area contributed by atoms with E-state index in [-0.39, 0.29) is 24.1 Å². The third kappa shape index (κ3) is 3.41. The lowest BCUT2D eigenvalue weighted by molar-refractivity contribution is -0.139. The Labute approximate surface area is 105 Å². The van der Waals surface area contributed by atoms with Crippen molar-refractivity contribution in [1.29, 1.82) is 0 Å². The van der Waals surface area contributed by atoms with E-state index in [1.807, 2.05) is 0 Å². The van der Waals surface area contributed by atoms with Gasteiger partial charge in [-0.15, -0.1) is 12.4 Å². The Morgan fingerprint density at radius 3 is 2.76 bits per heavy atom. The number of nitrogens with one attached hydrogen (secondary N) is 1. The number of carbonyl (C=O) groups is 1. The van der Waals surface area contributed by atoms with E-state index in [9.17, 15) is 9.18 Å². The molecule has 1 aromatic carbocycles. The summed E-state index contributed by atoms with van der Waals surface area (Å²) in [7, 11) is 0. The average molecular weight is 260 g/mol. The van der Waals surface area contributed by atoms with Crippen molar-refractivity contribution in [3.8, 4) is 0 Å². The van der Waals surface area contributed by atoms with Crippen LogP contribution in [0.1, 0.15) is 12.0 Å². The van der Waals surface area contributed by atoms with Crippen molar-refractivity contribution in [2.75, 3.05) is 6.54 Å². The summed E-state index contributed by atoms with van der Waals surface area (Å²) < 4.78 is 13.4. The van der Waals surface area contributed by atoms with Crippen LogP contribution in [-0.2, 0) is 11.2 Å². The molecular formula is C12H15ClFNO2. The van der Waals surface area contributed by atoms with E-state index < -0.39 is 12.0 Å². The molecule has 1 heterocycles. The maximum Gasteiger partial charge on any atom is 0.320 e. The first kappa shape index (κ1) is 13.9. The van der Waals surface area contributed by atoms with Crippen molar-refractivity contribution in [2.45, 2.75) is 18.9 Å². The minimum atomic E-state index is -0.823. The summed E-state index contributed by atoms with van der Waals surface area (Å²) in [5, 5.41) is 11.7. The van der Waals surface area contributed by atoms with Crippen LogP contribution in [-0.4, -0.2) is 23.7 Å². The molecule has 1 aliphatic heterocycles. The summed E-state index contributed by atoms with van der Waals surface area (Å²) in [5.74, 6) is -0.824. The van der Waals surface area contributed by atoms with Crippen molar-refractivity contribution in [3.63, 3.8) is 0 Å². The van der Waals surface area contributed by atoms with Gasteiger partial charge < -0.3 is 10.4 Å². The molecule has 0 saturated carbocycles. The van der Waals surface area contributed by atoms with Gasteiger partial charge in [0.05, 0.1) is 0 Å². The van der Waals surface area contributed by atoms with Crippen LogP contribution >= 0.6 is 12.4 Å². The quantitative estimate of drug-likeness (QED) is 0.871. The molecule has 94 valence electrons. The molecule has 0 aromatic heterocycles. The van der Waals surface area contributed by atoms with Gasteiger partial charge in [0.1, 0.15) is 11.9 Å². The van der Waals surface area contributed by atoms with Crippen LogP contribution in [0, 0.1) is 11.7 Å². The Morgan fingerprint density at radius 2 is 2.18 bits per heavy atom. The molecule has 2 unspecified atom stereocenters. The third-order valence-corrected chi connectivity index (χ3v) is 2.99. The molecule has 17 heavy (non-hydrogen) atoms. The monoisotopic (exact) mass is 259 g/mol. The average Bonchev–Trinajstić information content (AvgIpc) is 2.70. The van der Waals surface area contributed by atoms with E-state index in [1.54, 1.807) is 18.2 Å². The second kappa shape index (κ2) is 5.98. The highest BCUT2D eigenvalue weighted by molar-refractivity contribution is 5.85. The SMILES string of the molecule is Cl.O=C(O)C1CC(Cc2ccccc2F)CN1. The summed E-state index contributed by atoms with van der Waals surface area (Å²) >= 11 is 0. The van der Waals surface area contributed by atoms with Gasteiger partial charge in [-0.1, -0.05) is 18.2 Å². The zero-order valence-corrected chi connectivity index (χ0v) is 10.0. The summed E-state index contributed by atoms with van der Waals surface area (Å²) in [6, 6.07) is 6.17. The maximum absolute atomic E-state index is 13.4. The fourth-order valence-corrected chi connectivity index (χ4v) is 2.13. The number of aliphatic carboxylic acids is 1. The van der Waals surface area contributed by atoms with Gasteiger partial charge in [0.25, 0.3) is 0 Å². The molecular weight excluding hydrogens is 245 g/mol. The van der Waals surface area contributed by atoms with Crippen LogP contribution in [0.15, 0.2) is 24.3 Å². The molecule has 1 saturated heterocycles. The van der Waals surface area contributed by atoms with Gasteiger partial charge in [-0.3, -0.25) is 4.79 Å². The zero-order chi connectivity index (χ0) is 11.5. The first-order chi connectivity index (χ1) is 7.66. The van der Waals surface area contributed by atoms with Crippen LogP contribution in [0.5, 0.6) is 0 Å². The van der Waals surface area contributed by atoms with Crippen LogP contribution in [0.2, 0.25) is 0 Å². The van der Waals surface area contributed by atoms with Crippen LogP contribution in [0.25, 0.3) is 0 Å². The van der Waals surface area contributed by atoms with E-state index in [4.69, 9.17) is 5.11 Å². The van der Waals surface area contributed by atoms with Crippen molar-refractivity contribution < 1.29 is 14.3 Å². The number of benzene rings is 1. The molecule has 0 bridgehead atoms. The Bertz CT molecular complexity index is 400. The summed E-state index contributed by atoms with van der Waals surface area (Å²) in [4.78, 5) is 10.7. The number of carboxylic acid groups (broad SMARTS) is 1. The lowest BCUT2D eigenvalue weighted by Gasteiger charge is -2.08. The van der Waals surface area contributed by atoms with Crippen molar-refractivity contribution in [2.24, 2.45) is 5.92 Å². The fraction of sp³-hybridized carbons (Fsp3) is 0.417. The predicted molar refractivity (Wildman–Crippen MR) is 64.9 cm³/mol. The molecule has 2 N–H and O–H groups in total. The maximum atomic E-state index is 13.4. The van der Waals surface area contributed by atoms with Gasteiger partial charge >= 0.3 is 5.97 Å². The lowest BCUT2D eigenvalue weighted by atomic mass is 9.96. The fourth-order valence-electron chi connectivity index (χ4n) is 2.13. The Kier molecular flexibility index (Phi) is 4.90. The van der Waals surface area contributed by atoms with E-state index in [0.717, 1.165) is 0 Å². The summed E-state index contributed by atoms with van der Waals surface area (Å²) in [5.41, 5.74) is 0.667. The van der Waals surface area contributed by atoms with E-state index >= 15 is 0 Å². The van der Waals surface area contributed by atoms with Gasteiger partial charge in [-0.25, -0.2) is 4.39 Å². The first-order valence-electron chi connectivity index (χ1n) is 5.36. The smallest absolute Gasteiger partial charge is 0.320 e. The van der Waals surface area contributed by atoms with Crippen molar-refractivity contribution in [1.82, 2.24) is 5.32 Å². The minimum Gasteiger partial charge on any atom is -0.480 e. The number of rotatable bonds is 3. The largest absolute Gasteiger partial charge is 0.480 e. The predicted octanol–water partition coefficient (Wildman–Crippen LogP) is 1.85. The minimum absolute atomic E-state index is 0. The van der Waals surface area contributed by atoms with E-state index in [0.29, 0.717) is 24.9 Å². The van der Waals surface area contributed by atoms with Gasteiger partial charge in [0.15, 0.2) is 0 Å². The second-order valence-corrected chi connectivity index (χ2v) is 4.20. The molecule has 0 amide bonds. The third-order valence-electron chi connectivity index (χ3n) is 2.99. The van der Waals surface area contributed by atoms with Crippen LogP contribution < -0.4 is 5.32 Å². The van der Waals surface area contributed by atoms with Crippen LogP contribution in [0.3, 0.4) is 0 Å². The summed E-state index contributed by atoms with van der Waals surface area (Å²) in [6.45, 7) is 0.644. The Morgan fingerprint density at radius 1 is 1.47 bits per heavy atom. The Balaban J connectivity index is 0.00000144. The van der Waals surface area contributed by atoms with Gasteiger partial charge in [0.2, 0.25) is 0 Å². The zero-order valence-electron chi connectivity index (χ0n) is 9.23. The second-order valence-electron chi connectivity index (χ2n) is 4.20. The normalized spacial score (nSPS) is 23.1. The molecule has 0 radical (unpaired) electrons. The van der Waals surface area contributed by atoms with Crippen LogP contribution in [0.4, 0.5) is 4.39 Å². The Hall–Kier alpha value is -1.13. The standard InChI is InChI=1S/C12H14FNO2.ClH/c13-10-4-2-1-3-9(10)5-8-6-11(12(15)16)14-7-8;/h1-4,8,11,14H,5-7H2,(H,15,16);1H. The molecule has 3 nitrogen and oxygen atoms in total. The molecule has 1 aliphatic rings. The number of halogens is 2. The topological polar surface area (TPSA) is 49.3 Å². The first-order valence-corrected chi connectivity index (χ1v) is 5.36. The molecule has 1 fully saturated rings. The lowest BCUT2D eigenvalue weighted by Crippen LogP contribution is -2.29.